The fraction of sp³-hybridized carbons (Fsp3) is 0.640. The lowest BCUT2D eigenvalue weighted by atomic mass is 10.0. The van der Waals surface area contributed by atoms with Crippen molar-refractivity contribution >= 4 is 5.97 Å². The van der Waals surface area contributed by atoms with Gasteiger partial charge in [-0.1, -0.05) is 81.0 Å². The summed E-state index contributed by atoms with van der Waals surface area (Å²) in [7, 11) is 0. The number of hydrogen-bond donors (Lipinski definition) is 0. The molecular weight excluding hydrogens is 364 g/mol. The predicted octanol–water partition coefficient (Wildman–Crippen LogP) is 6.51. The number of carbonyl (C=O) groups excluding carboxylic acids is 1. The number of ether oxygens (including phenoxy) is 3. The summed E-state index contributed by atoms with van der Waals surface area (Å²) in [6.45, 7) is 5.16. The highest BCUT2D eigenvalue weighted by Gasteiger charge is 2.28. The zero-order chi connectivity index (χ0) is 20.7. The van der Waals surface area contributed by atoms with Crippen LogP contribution in [0.2, 0.25) is 0 Å². The van der Waals surface area contributed by atoms with E-state index in [0.29, 0.717) is 13.0 Å². The first kappa shape index (κ1) is 23.6. The highest BCUT2D eigenvalue weighted by Crippen LogP contribution is 2.26. The molecule has 1 aromatic carbocycles. The summed E-state index contributed by atoms with van der Waals surface area (Å²) in [5.74, 6) is -0.154. The van der Waals surface area contributed by atoms with E-state index >= 15 is 0 Å². The summed E-state index contributed by atoms with van der Waals surface area (Å²) >= 11 is 0. The Bertz CT molecular complexity index is 596. The molecule has 1 saturated heterocycles. The zero-order valence-electron chi connectivity index (χ0n) is 18.2. The van der Waals surface area contributed by atoms with Gasteiger partial charge >= 0.3 is 5.97 Å². The second kappa shape index (κ2) is 14.4. The number of unbranched alkanes of at least 4 members (excludes halogenated alkanes) is 6. The van der Waals surface area contributed by atoms with Crippen molar-refractivity contribution < 1.29 is 19.0 Å². The smallest absolute Gasteiger partial charge is 0.305 e. The van der Waals surface area contributed by atoms with Crippen molar-refractivity contribution in [3.63, 3.8) is 0 Å². The largest absolute Gasteiger partial charge is 0.463 e. The summed E-state index contributed by atoms with van der Waals surface area (Å²) in [5.41, 5.74) is 2.43. The van der Waals surface area contributed by atoms with E-state index < -0.39 is 0 Å². The Labute approximate surface area is 176 Å². The van der Waals surface area contributed by atoms with Crippen LogP contribution in [0, 0.1) is 0 Å². The third kappa shape index (κ3) is 10.1. The highest BCUT2D eigenvalue weighted by atomic mass is 16.7. The topological polar surface area (TPSA) is 44.8 Å². The van der Waals surface area contributed by atoms with E-state index in [4.69, 9.17) is 14.2 Å². The molecule has 2 atom stereocenters. The second-order valence-electron chi connectivity index (χ2n) is 7.98. The van der Waals surface area contributed by atoms with Crippen LogP contribution in [0.5, 0.6) is 0 Å². The van der Waals surface area contributed by atoms with Crippen molar-refractivity contribution in [2.75, 3.05) is 13.2 Å². The Morgan fingerprint density at radius 3 is 2.62 bits per heavy atom. The molecule has 1 heterocycles. The van der Waals surface area contributed by atoms with Gasteiger partial charge in [-0.25, -0.2) is 0 Å². The summed E-state index contributed by atoms with van der Waals surface area (Å²) in [4.78, 5) is 12.0. The second-order valence-corrected chi connectivity index (χ2v) is 7.98. The lowest BCUT2D eigenvalue weighted by molar-refractivity contribution is -0.148. The number of esters is 1. The van der Waals surface area contributed by atoms with Gasteiger partial charge in [-0.05, 0) is 32.6 Å². The third-order valence-corrected chi connectivity index (χ3v) is 5.25. The van der Waals surface area contributed by atoms with Crippen LogP contribution in [0.15, 0.2) is 42.0 Å². The molecule has 0 bridgehead atoms. The van der Waals surface area contributed by atoms with E-state index in [-0.39, 0.29) is 25.0 Å². The molecule has 0 saturated carbocycles. The third-order valence-electron chi connectivity index (χ3n) is 5.25. The summed E-state index contributed by atoms with van der Waals surface area (Å²) in [6.07, 6.45) is 13.1. The first-order valence-corrected chi connectivity index (χ1v) is 11.3. The summed E-state index contributed by atoms with van der Waals surface area (Å²) in [6, 6.07) is 9.82. The van der Waals surface area contributed by atoms with Crippen LogP contribution in [-0.4, -0.2) is 25.3 Å². The Morgan fingerprint density at radius 1 is 1.07 bits per heavy atom. The van der Waals surface area contributed by atoms with E-state index in [1.165, 1.54) is 50.5 Å². The quantitative estimate of drug-likeness (QED) is 0.202. The minimum absolute atomic E-state index is 0.154. The summed E-state index contributed by atoms with van der Waals surface area (Å²) < 4.78 is 16.8. The van der Waals surface area contributed by atoms with Crippen molar-refractivity contribution in [3.8, 4) is 0 Å². The van der Waals surface area contributed by atoms with Crippen molar-refractivity contribution in [1.29, 1.82) is 0 Å². The fourth-order valence-corrected chi connectivity index (χ4v) is 3.46. The first-order chi connectivity index (χ1) is 14.2. The van der Waals surface area contributed by atoms with Gasteiger partial charge in [0.25, 0.3) is 0 Å². The van der Waals surface area contributed by atoms with Gasteiger partial charge < -0.3 is 14.2 Å². The van der Waals surface area contributed by atoms with Crippen LogP contribution in [0.25, 0.3) is 0 Å². The van der Waals surface area contributed by atoms with Crippen molar-refractivity contribution in [2.24, 2.45) is 0 Å². The molecule has 0 amide bonds. The van der Waals surface area contributed by atoms with Gasteiger partial charge in [0.15, 0.2) is 6.29 Å². The molecule has 1 aromatic rings. The van der Waals surface area contributed by atoms with Crippen LogP contribution in [0.4, 0.5) is 0 Å². The maximum Gasteiger partial charge on any atom is 0.305 e. The molecule has 4 heteroatoms. The molecule has 0 aromatic heterocycles. The van der Waals surface area contributed by atoms with Gasteiger partial charge in [0.05, 0.1) is 6.61 Å². The number of benzene rings is 1. The van der Waals surface area contributed by atoms with Gasteiger partial charge in [0, 0.05) is 12.0 Å². The Kier molecular flexibility index (Phi) is 11.7. The summed E-state index contributed by atoms with van der Waals surface area (Å²) in [5, 5.41) is 0. The van der Waals surface area contributed by atoms with Crippen LogP contribution in [-0.2, 0) is 19.0 Å². The van der Waals surface area contributed by atoms with E-state index in [9.17, 15) is 4.79 Å². The maximum atomic E-state index is 12.0. The molecule has 0 radical (unpaired) electrons. The molecule has 1 aliphatic rings. The SMILES string of the molecule is CCCCCCCCC(C)=CCCCC(=O)OCC1COC(c2ccccc2)O1. The maximum absolute atomic E-state index is 12.0. The zero-order valence-corrected chi connectivity index (χ0v) is 18.2. The number of carbonyl (C=O) groups is 1. The van der Waals surface area contributed by atoms with Crippen LogP contribution in [0.3, 0.4) is 0 Å². The van der Waals surface area contributed by atoms with Gasteiger partial charge in [-0.2, -0.15) is 0 Å². The average Bonchev–Trinajstić information content (AvgIpc) is 3.22. The van der Waals surface area contributed by atoms with Crippen molar-refractivity contribution in [2.45, 2.75) is 90.4 Å². The lowest BCUT2D eigenvalue weighted by Crippen LogP contribution is -2.20. The number of rotatable bonds is 14. The van der Waals surface area contributed by atoms with Crippen LogP contribution >= 0.6 is 0 Å². The molecular formula is C25H38O4. The fourth-order valence-electron chi connectivity index (χ4n) is 3.46. The number of hydrogen-bond acceptors (Lipinski definition) is 4. The highest BCUT2D eigenvalue weighted by molar-refractivity contribution is 5.69. The van der Waals surface area contributed by atoms with Gasteiger partial charge in [0.1, 0.15) is 12.7 Å². The Hall–Kier alpha value is -1.65. The minimum atomic E-state index is -0.361. The van der Waals surface area contributed by atoms with E-state index in [2.05, 4.69) is 19.9 Å². The molecule has 1 aliphatic heterocycles. The van der Waals surface area contributed by atoms with Gasteiger partial charge in [-0.15, -0.1) is 0 Å². The first-order valence-electron chi connectivity index (χ1n) is 11.3. The molecule has 0 aliphatic carbocycles. The normalized spacial score (nSPS) is 19.4. The lowest BCUT2D eigenvalue weighted by Gasteiger charge is -2.12. The monoisotopic (exact) mass is 402 g/mol. The van der Waals surface area contributed by atoms with E-state index in [0.717, 1.165) is 18.4 Å². The standard InChI is InChI=1S/C25H38O4/c1-3-4-5-6-7-9-14-21(2)15-12-13-18-24(26)27-19-23-20-28-25(29-23)22-16-10-8-11-17-22/h8,10-11,15-17,23,25H,3-7,9,12-14,18-20H2,1-2H3. The Morgan fingerprint density at radius 2 is 1.83 bits per heavy atom. The molecule has 0 N–H and O–H groups in total. The van der Waals surface area contributed by atoms with Crippen molar-refractivity contribution in [1.82, 2.24) is 0 Å². The molecule has 1 fully saturated rings. The molecule has 2 rings (SSSR count). The Balaban J connectivity index is 1.49. The van der Waals surface area contributed by atoms with Gasteiger partial charge in [-0.3, -0.25) is 4.79 Å². The van der Waals surface area contributed by atoms with Crippen molar-refractivity contribution in [3.05, 3.63) is 47.5 Å². The van der Waals surface area contributed by atoms with Crippen LogP contribution in [0.1, 0.15) is 89.9 Å². The van der Waals surface area contributed by atoms with Crippen LogP contribution < -0.4 is 0 Å². The number of allylic oxidation sites excluding steroid dienone is 2. The van der Waals surface area contributed by atoms with Gasteiger partial charge in [0.2, 0.25) is 0 Å². The van der Waals surface area contributed by atoms with E-state index in [1.807, 2.05) is 30.3 Å². The molecule has 2 unspecified atom stereocenters. The minimum Gasteiger partial charge on any atom is -0.463 e. The molecule has 4 nitrogen and oxygen atoms in total. The molecule has 29 heavy (non-hydrogen) atoms. The predicted molar refractivity (Wildman–Crippen MR) is 117 cm³/mol. The average molecular weight is 403 g/mol. The van der Waals surface area contributed by atoms with E-state index in [1.54, 1.807) is 0 Å². The molecule has 162 valence electrons. The molecule has 0 spiro atoms.